The number of aromatic nitrogens is 1. The molecule has 0 aromatic carbocycles. The van der Waals surface area contributed by atoms with Crippen LogP contribution < -0.4 is 5.32 Å². The number of anilines is 1. The summed E-state index contributed by atoms with van der Waals surface area (Å²) >= 11 is 0. The fourth-order valence-corrected chi connectivity index (χ4v) is 2.65. The number of ether oxygens (including phenoxy) is 1. The van der Waals surface area contributed by atoms with E-state index in [1.165, 1.54) is 5.69 Å². The molecule has 0 saturated carbocycles. The Bertz CT molecular complexity index is 382. The molecule has 1 aromatic rings. The van der Waals surface area contributed by atoms with E-state index >= 15 is 0 Å². The van der Waals surface area contributed by atoms with E-state index in [1.54, 1.807) is 0 Å². The summed E-state index contributed by atoms with van der Waals surface area (Å²) in [5, 5.41) is 3.55. The van der Waals surface area contributed by atoms with Crippen LogP contribution in [-0.2, 0) is 4.74 Å². The predicted octanol–water partition coefficient (Wildman–Crippen LogP) is 2.22. The largest absolute Gasteiger partial charge is 0.383 e. The molecular weight excluding hydrogens is 238 g/mol. The topological polar surface area (TPSA) is 37.4 Å². The van der Waals surface area contributed by atoms with Gasteiger partial charge in [0.25, 0.3) is 0 Å². The zero-order valence-corrected chi connectivity index (χ0v) is 12.3. The highest BCUT2D eigenvalue weighted by atomic mass is 16.5. The molecule has 2 heterocycles. The number of nitrogens with one attached hydrogen (secondary N) is 1. The number of hydrogen-bond acceptors (Lipinski definition) is 4. The van der Waals surface area contributed by atoms with E-state index in [1.807, 2.05) is 13.8 Å². The highest BCUT2D eigenvalue weighted by Crippen LogP contribution is 2.13. The molecule has 1 saturated heterocycles. The summed E-state index contributed by atoms with van der Waals surface area (Å²) in [5.41, 5.74) is 3.32. The van der Waals surface area contributed by atoms with Gasteiger partial charge in [0.2, 0.25) is 0 Å². The predicted molar refractivity (Wildman–Crippen MR) is 78.7 cm³/mol. The second-order valence-corrected chi connectivity index (χ2v) is 5.23. The maximum Gasteiger partial charge on any atom is 0.0594 e. The van der Waals surface area contributed by atoms with Crippen molar-refractivity contribution in [2.75, 3.05) is 38.2 Å². The molecule has 19 heavy (non-hydrogen) atoms. The van der Waals surface area contributed by atoms with Crippen LogP contribution in [0.3, 0.4) is 0 Å². The van der Waals surface area contributed by atoms with E-state index in [0.29, 0.717) is 6.04 Å². The van der Waals surface area contributed by atoms with E-state index < -0.39 is 0 Å². The minimum atomic E-state index is 0.581. The molecule has 0 bridgehead atoms. The van der Waals surface area contributed by atoms with E-state index in [0.717, 1.165) is 50.7 Å². The average molecular weight is 263 g/mol. The van der Waals surface area contributed by atoms with Crippen LogP contribution in [0.4, 0.5) is 5.69 Å². The average Bonchev–Trinajstić information content (AvgIpc) is 2.39. The van der Waals surface area contributed by atoms with Crippen LogP contribution >= 0.6 is 0 Å². The third-order valence-electron chi connectivity index (χ3n) is 3.66. The van der Waals surface area contributed by atoms with Gasteiger partial charge in [-0.25, -0.2) is 0 Å². The Morgan fingerprint density at radius 1 is 1.26 bits per heavy atom. The van der Waals surface area contributed by atoms with Crippen molar-refractivity contribution < 1.29 is 4.74 Å². The van der Waals surface area contributed by atoms with Gasteiger partial charge in [0.1, 0.15) is 0 Å². The quantitative estimate of drug-likeness (QED) is 0.884. The van der Waals surface area contributed by atoms with Crippen molar-refractivity contribution in [3.8, 4) is 0 Å². The van der Waals surface area contributed by atoms with Gasteiger partial charge in [-0.05, 0) is 32.4 Å². The molecule has 0 radical (unpaired) electrons. The Hall–Kier alpha value is -1.13. The summed E-state index contributed by atoms with van der Waals surface area (Å²) in [6, 6.07) is 4.80. The second-order valence-electron chi connectivity index (χ2n) is 5.23. The van der Waals surface area contributed by atoms with Crippen LogP contribution in [0.5, 0.6) is 0 Å². The summed E-state index contributed by atoms with van der Waals surface area (Å²) in [4.78, 5) is 6.93. The van der Waals surface area contributed by atoms with Crippen LogP contribution in [0.1, 0.15) is 24.7 Å². The SMILES string of the molecule is CC[C@@H](CNc1cc(C)nc(C)c1)N1CCOCC1. The van der Waals surface area contributed by atoms with Crippen molar-refractivity contribution in [2.45, 2.75) is 33.2 Å². The molecule has 0 unspecified atom stereocenters. The lowest BCUT2D eigenvalue weighted by Crippen LogP contribution is -2.46. The fraction of sp³-hybridized carbons (Fsp3) is 0.667. The first-order valence-electron chi connectivity index (χ1n) is 7.20. The molecule has 0 aliphatic carbocycles. The Morgan fingerprint density at radius 2 is 1.89 bits per heavy atom. The molecule has 2 rings (SSSR count). The minimum Gasteiger partial charge on any atom is -0.383 e. The first-order chi connectivity index (χ1) is 9.19. The van der Waals surface area contributed by atoms with Crippen LogP contribution in [0.15, 0.2) is 12.1 Å². The van der Waals surface area contributed by atoms with E-state index in [4.69, 9.17) is 4.74 Å². The normalized spacial score (nSPS) is 18.3. The van der Waals surface area contributed by atoms with Gasteiger partial charge in [-0.1, -0.05) is 6.92 Å². The van der Waals surface area contributed by atoms with Crippen molar-refractivity contribution >= 4 is 5.69 Å². The van der Waals surface area contributed by atoms with Crippen molar-refractivity contribution in [1.82, 2.24) is 9.88 Å². The smallest absolute Gasteiger partial charge is 0.0594 e. The van der Waals surface area contributed by atoms with E-state index in [2.05, 4.69) is 34.3 Å². The van der Waals surface area contributed by atoms with Crippen molar-refractivity contribution in [1.29, 1.82) is 0 Å². The van der Waals surface area contributed by atoms with Gasteiger partial charge in [0, 0.05) is 42.8 Å². The van der Waals surface area contributed by atoms with Gasteiger partial charge in [-0.15, -0.1) is 0 Å². The lowest BCUT2D eigenvalue weighted by Gasteiger charge is -2.34. The van der Waals surface area contributed by atoms with E-state index in [-0.39, 0.29) is 0 Å². The monoisotopic (exact) mass is 263 g/mol. The third-order valence-corrected chi connectivity index (χ3v) is 3.66. The number of morpholine rings is 1. The summed E-state index contributed by atoms with van der Waals surface area (Å²) in [6.45, 7) is 11.1. The Balaban J connectivity index is 1.91. The molecule has 1 atom stereocenters. The maximum absolute atomic E-state index is 5.42. The highest BCUT2D eigenvalue weighted by molar-refractivity contribution is 5.45. The lowest BCUT2D eigenvalue weighted by molar-refractivity contribution is 0.0184. The van der Waals surface area contributed by atoms with Crippen LogP contribution in [0, 0.1) is 13.8 Å². The summed E-state index contributed by atoms with van der Waals surface area (Å²) in [6.07, 6.45) is 1.16. The van der Waals surface area contributed by atoms with Gasteiger partial charge in [0.05, 0.1) is 13.2 Å². The van der Waals surface area contributed by atoms with Gasteiger partial charge in [0.15, 0.2) is 0 Å². The van der Waals surface area contributed by atoms with Gasteiger partial charge in [-0.2, -0.15) is 0 Å². The standard InChI is InChI=1S/C15H25N3O/c1-4-15(18-5-7-19-8-6-18)11-16-14-9-12(2)17-13(3)10-14/h9-10,15H,4-8,11H2,1-3H3,(H,16,17)/t15-/m0/s1. The third kappa shape index (κ3) is 4.18. The van der Waals surface area contributed by atoms with Crippen molar-refractivity contribution in [3.63, 3.8) is 0 Å². The number of hydrogen-bond donors (Lipinski definition) is 1. The summed E-state index contributed by atoms with van der Waals surface area (Å²) in [5.74, 6) is 0. The summed E-state index contributed by atoms with van der Waals surface area (Å²) in [7, 11) is 0. The molecular formula is C15H25N3O. The zero-order valence-electron chi connectivity index (χ0n) is 12.3. The van der Waals surface area contributed by atoms with Crippen LogP contribution in [0.2, 0.25) is 0 Å². The first-order valence-corrected chi connectivity index (χ1v) is 7.20. The molecule has 1 fully saturated rings. The van der Waals surface area contributed by atoms with E-state index in [9.17, 15) is 0 Å². The summed E-state index contributed by atoms with van der Waals surface area (Å²) < 4.78 is 5.42. The van der Waals surface area contributed by atoms with Gasteiger partial charge >= 0.3 is 0 Å². The van der Waals surface area contributed by atoms with Gasteiger partial charge in [-0.3, -0.25) is 9.88 Å². The van der Waals surface area contributed by atoms with Crippen molar-refractivity contribution in [2.24, 2.45) is 0 Å². The fourth-order valence-electron chi connectivity index (χ4n) is 2.65. The number of aryl methyl sites for hydroxylation is 2. The molecule has 1 aromatic heterocycles. The molecule has 0 amide bonds. The zero-order chi connectivity index (χ0) is 13.7. The molecule has 1 aliphatic heterocycles. The Morgan fingerprint density at radius 3 is 2.47 bits per heavy atom. The Labute approximate surface area is 116 Å². The van der Waals surface area contributed by atoms with Crippen LogP contribution in [-0.4, -0.2) is 48.8 Å². The number of nitrogens with zero attached hydrogens (tertiary/aromatic N) is 2. The molecule has 1 aliphatic rings. The Kier molecular flexibility index (Phi) is 5.16. The molecule has 0 spiro atoms. The van der Waals surface area contributed by atoms with Crippen molar-refractivity contribution in [3.05, 3.63) is 23.5 Å². The maximum atomic E-state index is 5.42. The molecule has 106 valence electrons. The number of pyridine rings is 1. The van der Waals surface area contributed by atoms with Gasteiger partial charge < -0.3 is 10.1 Å². The highest BCUT2D eigenvalue weighted by Gasteiger charge is 2.19. The number of rotatable bonds is 5. The van der Waals surface area contributed by atoms with Crippen LogP contribution in [0.25, 0.3) is 0 Å². The first kappa shape index (κ1) is 14.3. The second kappa shape index (κ2) is 6.87. The minimum absolute atomic E-state index is 0.581. The molecule has 4 heteroatoms. The molecule has 1 N–H and O–H groups in total. The molecule has 4 nitrogen and oxygen atoms in total. The lowest BCUT2D eigenvalue weighted by atomic mass is 10.1.